The van der Waals surface area contributed by atoms with Crippen molar-refractivity contribution < 1.29 is 4.74 Å². The molecule has 1 aliphatic heterocycles. The molecule has 4 aromatic rings. The lowest BCUT2D eigenvalue weighted by Crippen LogP contribution is -2.32. The zero-order chi connectivity index (χ0) is 24.3. The molecule has 1 fully saturated rings. The fourth-order valence-electron chi connectivity index (χ4n) is 5.58. The van der Waals surface area contributed by atoms with Gasteiger partial charge in [0.15, 0.2) is 17.0 Å². The number of hydrogen-bond acceptors (Lipinski definition) is 6. The molecule has 0 spiro atoms. The highest BCUT2D eigenvalue weighted by Gasteiger charge is 2.24. The molecular weight excluding hydrogens is 448 g/mol. The van der Waals surface area contributed by atoms with E-state index in [0.29, 0.717) is 6.04 Å². The lowest BCUT2D eigenvalue weighted by Gasteiger charge is -2.29. The van der Waals surface area contributed by atoms with Gasteiger partial charge in [-0.1, -0.05) is 55.7 Å². The highest BCUT2D eigenvalue weighted by Crippen LogP contribution is 2.33. The third-order valence-corrected chi connectivity index (χ3v) is 7.66. The highest BCUT2D eigenvalue weighted by atomic mass is 16.5. The van der Waals surface area contributed by atoms with Crippen LogP contribution in [0.1, 0.15) is 54.8 Å². The molecule has 2 aromatic heterocycles. The van der Waals surface area contributed by atoms with E-state index < -0.39 is 0 Å². The number of aromatic nitrogens is 4. The van der Waals surface area contributed by atoms with Crippen LogP contribution in [0.25, 0.3) is 11.2 Å². The molecule has 1 N–H and O–H groups in total. The molecule has 2 aliphatic rings. The van der Waals surface area contributed by atoms with Crippen LogP contribution in [-0.4, -0.2) is 39.7 Å². The van der Waals surface area contributed by atoms with Gasteiger partial charge in [-0.2, -0.15) is 9.97 Å². The Balaban J connectivity index is 1.30. The summed E-state index contributed by atoms with van der Waals surface area (Å²) in [4.78, 5) is 17.3. The Morgan fingerprint density at radius 2 is 1.78 bits per heavy atom. The Labute approximate surface area is 212 Å². The Hall–Kier alpha value is -3.61. The number of fused-ring (bicyclic) bond motifs is 2. The van der Waals surface area contributed by atoms with E-state index in [4.69, 9.17) is 19.7 Å². The molecule has 0 saturated heterocycles. The first-order chi connectivity index (χ1) is 17.8. The summed E-state index contributed by atoms with van der Waals surface area (Å²) in [5.74, 6) is 2.50. The first-order valence-electron chi connectivity index (χ1n) is 13.2. The van der Waals surface area contributed by atoms with Crippen LogP contribution < -0.4 is 15.0 Å². The van der Waals surface area contributed by atoms with E-state index in [2.05, 4.69) is 51.2 Å². The number of nitrogens with zero attached hydrogens (tertiary/aromatic N) is 5. The van der Waals surface area contributed by atoms with E-state index in [-0.39, 0.29) is 0 Å². The van der Waals surface area contributed by atoms with Crippen LogP contribution in [0.3, 0.4) is 0 Å². The molecule has 0 amide bonds. The molecule has 6 rings (SSSR count). The Kier molecular flexibility index (Phi) is 6.45. The third-order valence-electron chi connectivity index (χ3n) is 7.66. The van der Waals surface area contributed by atoms with Gasteiger partial charge in [0, 0.05) is 25.7 Å². The third kappa shape index (κ3) is 4.62. The van der Waals surface area contributed by atoms with Crippen molar-refractivity contribution in [2.75, 3.05) is 30.4 Å². The number of anilines is 2. The number of nitrogens with one attached hydrogen (secondary N) is 1. The van der Waals surface area contributed by atoms with Crippen molar-refractivity contribution >= 4 is 22.9 Å². The van der Waals surface area contributed by atoms with E-state index >= 15 is 0 Å². The maximum Gasteiger partial charge on any atom is 0.229 e. The lowest BCUT2D eigenvalue weighted by molar-refractivity contribution is 0.358. The second-order valence-electron chi connectivity index (χ2n) is 9.95. The van der Waals surface area contributed by atoms with Crippen molar-refractivity contribution in [3.8, 4) is 5.75 Å². The number of hydrogen-bond donors (Lipinski definition) is 1. The molecule has 3 heterocycles. The summed E-state index contributed by atoms with van der Waals surface area (Å²) in [6, 6.07) is 17.4. The van der Waals surface area contributed by atoms with Crippen LogP contribution in [0.15, 0.2) is 54.9 Å². The zero-order valence-electron chi connectivity index (χ0n) is 21.0. The molecule has 1 aliphatic carbocycles. The smallest absolute Gasteiger partial charge is 0.229 e. The predicted molar refractivity (Wildman–Crippen MR) is 144 cm³/mol. The molecule has 7 nitrogen and oxygen atoms in total. The summed E-state index contributed by atoms with van der Waals surface area (Å²) in [6.45, 7) is 2.53. The molecule has 1 saturated carbocycles. The summed E-state index contributed by atoms with van der Waals surface area (Å²) in [5, 5.41) is 3.59. The Morgan fingerprint density at radius 1 is 0.972 bits per heavy atom. The average molecular weight is 483 g/mol. The van der Waals surface area contributed by atoms with Crippen LogP contribution in [-0.2, 0) is 19.4 Å². The number of imidazole rings is 1. The van der Waals surface area contributed by atoms with Gasteiger partial charge in [0.05, 0.1) is 13.4 Å². The molecular formula is C29H34N6O. The van der Waals surface area contributed by atoms with Gasteiger partial charge in [0.2, 0.25) is 5.95 Å². The van der Waals surface area contributed by atoms with Gasteiger partial charge in [-0.15, -0.1) is 0 Å². The summed E-state index contributed by atoms with van der Waals surface area (Å²) < 4.78 is 7.60. The van der Waals surface area contributed by atoms with Gasteiger partial charge >= 0.3 is 0 Å². The minimum Gasteiger partial charge on any atom is -0.497 e. The first-order valence-corrected chi connectivity index (χ1v) is 13.2. The molecule has 0 radical (unpaired) electrons. The SMILES string of the molecule is COc1ccc(CCNc2nc(N3CCc4ccccc4C3)nc3c2ncn3C2CCCCC2)cc1. The van der Waals surface area contributed by atoms with Crippen molar-refractivity contribution in [2.24, 2.45) is 0 Å². The fourth-order valence-corrected chi connectivity index (χ4v) is 5.58. The summed E-state index contributed by atoms with van der Waals surface area (Å²) in [7, 11) is 1.70. The van der Waals surface area contributed by atoms with E-state index in [9.17, 15) is 0 Å². The number of rotatable bonds is 7. The number of ether oxygens (including phenoxy) is 1. The zero-order valence-corrected chi connectivity index (χ0v) is 21.0. The van der Waals surface area contributed by atoms with Gasteiger partial charge in [-0.25, -0.2) is 4.98 Å². The van der Waals surface area contributed by atoms with Gasteiger partial charge < -0.3 is 19.5 Å². The van der Waals surface area contributed by atoms with Crippen LogP contribution >= 0.6 is 0 Å². The van der Waals surface area contributed by atoms with E-state index in [1.54, 1.807) is 7.11 Å². The average Bonchev–Trinajstić information content (AvgIpc) is 3.38. The topological polar surface area (TPSA) is 68.1 Å². The minimum absolute atomic E-state index is 0.473. The molecule has 0 unspecified atom stereocenters. The highest BCUT2D eigenvalue weighted by molar-refractivity contribution is 5.84. The van der Waals surface area contributed by atoms with Gasteiger partial charge in [0.1, 0.15) is 5.75 Å². The molecule has 2 aromatic carbocycles. The lowest BCUT2D eigenvalue weighted by atomic mass is 9.95. The summed E-state index contributed by atoms with van der Waals surface area (Å²) >= 11 is 0. The molecule has 186 valence electrons. The summed E-state index contributed by atoms with van der Waals surface area (Å²) in [5.41, 5.74) is 5.88. The molecule has 0 bridgehead atoms. The van der Waals surface area contributed by atoms with Crippen molar-refractivity contribution in [3.05, 3.63) is 71.5 Å². The van der Waals surface area contributed by atoms with E-state index in [1.807, 2.05) is 18.5 Å². The van der Waals surface area contributed by atoms with Crippen molar-refractivity contribution in [1.29, 1.82) is 0 Å². The Morgan fingerprint density at radius 3 is 2.58 bits per heavy atom. The van der Waals surface area contributed by atoms with Crippen molar-refractivity contribution in [1.82, 2.24) is 19.5 Å². The van der Waals surface area contributed by atoms with Crippen LogP contribution in [0.4, 0.5) is 11.8 Å². The van der Waals surface area contributed by atoms with Gasteiger partial charge in [-0.3, -0.25) is 0 Å². The molecule has 7 heteroatoms. The largest absolute Gasteiger partial charge is 0.497 e. The van der Waals surface area contributed by atoms with Gasteiger partial charge in [-0.05, 0) is 54.5 Å². The fraction of sp³-hybridized carbons (Fsp3) is 0.414. The maximum atomic E-state index is 5.29. The maximum absolute atomic E-state index is 5.29. The van der Waals surface area contributed by atoms with Crippen molar-refractivity contribution in [3.63, 3.8) is 0 Å². The van der Waals surface area contributed by atoms with Crippen molar-refractivity contribution in [2.45, 2.75) is 57.5 Å². The molecule has 0 atom stereocenters. The van der Waals surface area contributed by atoms with Gasteiger partial charge in [0.25, 0.3) is 0 Å². The Bertz CT molecular complexity index is 1330. The van der Waals surface area contributed by atoms with E-state index in [0.717, 1.165) is 61.2 Å². The summed E-state index contributed by atoms with van der Waals surface area (Å²) in [6.07, 6.45) is 10.2. The first kappa shape index (κ1) is 22.8. The van der Waals surface area contributed by atoms with Crippen LogP contribution in [0.5, 0.6) is 5.75 Å². The molecule has 36 heavy (non-hydrogen) atoms. The second-order valence-corrected chi connectivity index (χ2v) is 9.95. The number of benzene rings is 2. The standard InChI is InChI=1S/C29H34N6O/c1-36-25-13-11-21(12-14-25)15-17-30-27-26-28(35(20-31-26)24-9-3-2-4-10-24)33-29(32-27)34-18-16-22-7-5-6-8-23(22)19-34/h5-8,11-14,20,24H,2-4,9-10,15-19H2,1H3,(H,30,32,33). The minimum atomic E-state index is 0.473. The number of methoxy groups -OCH3 is 1. The normalized spacial score (nSPS) is 16.2. The second kappa shape index (κ2) is 10.2. The quantitative estimate of drug-likeness (QED) is 0.372. The van der Waals surface area contributed by atoms with E-state index in [1.165, 1.54) is 48.8 Å². The monoisotopic (exact) mass is 482 g/mol. The van der Waals surface area contributed by atoms with Crippen LogP contribution in [0.2, 0.25) is 0 Å². The van der Waals surface area contributed by atoms with Crippen LogP contribution in [0, 0.1) is 0 Å². The predicted octanol–water partition coefficient (Wildman–Crippen LogP) is 5.56.